The highest BCUT2D eigenvalue weighted by molar-refractivity contribution is 9.10. The SMILES string of the molecule is CC1CCC(CN)CN1C(=O)c1cncc(Br)c1. The molecule has 4 nitrogen and oxygen atoms in total. The van der Waals surface area contributed by atoms with Crippen molar-refractivity contribution in [1.29, 1.82) is 0 Å². The van der Waals surface area contributed by atoms with Gasteiger partial charge in [-0.1, -0.05) is 0 Å². The molecular formula is C13H18BrN3O. The Kier molecular flexibility index (Phi) is 4.35. The van der Waals surface area contributed by atoms with E-state index in [0.29, 0.717) is 18.0 Å². The van der Waals surface area contributed by atoms with Crippen molar-refractivity contribution in [3.8, 4) is 0 Å². The monoisotopic (exact) mass is 311 g/mol. The number of aromatic nitrogens is 1. The van der Waals surface area contributed by atoms with Gasteiger partial charge in [-0.3, -0.25) is 9.78 Å². The highest BCUT2D eigenvalue weighted by atomic mass is 79.9. The molecule has 0 spiro atoms. The molecule has 0 aromatic carbocycles. The summed E-state index contributed by atoms with van der Waals surface area (Å²) < 4.78 is 0.827. The fourth-order valence-corrected chi connectivity index (χ4v) is 2.72. The van der Waals surface area contributed by atoms with Crippen LogP contribution in [0.15, 0.2) is 22.9 Å². The number of carbonyl (C=O) groups excluding carboxylic acids is 1. The Morgan fingerprint density at radius 2 is 2.33 bits per heavy atom. The Bertz CT molecular complexity index is 438. The lowest BCUT2D eigenvalue weighted by Crippen LogP contribution is -2.47. The first-order chi connectivity index (χ1) is 8.61. The van der Waals surface area contributed by atoms with Gasteiger partial charge in [0.2, 0.25) is 0 Å². The van der Waals surface area contributed by atoms with Crippen molar-refractivity contribution >= 4 is 21.8 Å². The van der Waals surface area contributed by atoms with Crippen LogP contribution >= 0.6 is 15.9 Å². The Morgan fingerprint density at radius 3 is 3.00 bits per heavy atom. The van der Waals surface area contributed by atoms with E-state index in [-0.39, 0.29) is 11.9 Å². The van der Waals surface area contributed by atoms with Crippen LogP contribution in [0.4, 0.5) is 0 Å². The van der Waals surface area contributed by atoms with Gasteiger partial charge in [0.15, 0.2) is 0 Å². The van der Waals surface area contributed by atoms with E-state index in [1.807, 2.05) is 11.0 Å². The van der Waals surface area contributed by atoms with E-state index in [1.165, 1.54) is 0 Å². The number of pyridine rings is 1. The minimum atomic E-state index is 0.0504. The van der Waals surface area contributed by atoms with Crippen molar-refractivity contribution in [3.05, 3.63) is 28.5 Å². The largest absolute Gasteiger partial charge is 0.336 e. The van der Waals surface area contributed by atoms with Crippen molar-refractivity contribution in [1.82, 2.24) is 9.88 Å². The van der Waals surface area contributed by atoms with Crippen LogP contribution in [-0.4, -0.2) is 34.9 Å². The van der Waals surface area contributed by atoms with Crippen molar-refractivity contribution in [2.75, 3.05) is 13.1 Å². The van der Waals surface area contributed by atoms with Gasteiger partial charge in [0.05, 0.1) is 5.56 Å². The standard InChI is InChI=1S/C13H18BrN3O/c1-9-2-3-10(5-15)8-17(9)13(18)11-4-12(14)7-16-6-11/h4,6-7,9-10H,2-3,5,8,15H2,1H3. The summed E-state index contributed by atoms with van der Waals surface area (Å²) in [5.74, 6) is 0.472. The van der Waals surface area contributed by atoms with Gasteiger partial charge in [-0.05, 0) is 54.2 Å². The Labute approximate surface area is 116 Å². The highest BCUT2D eigenvalue weighted by Crippen LogP contribution is 2.23. The minimum absolute atomic E-state index is 0.0504. The molecule has 1 aromatic rings. The lowest BCUT2D eigenvalue weighted by Gasteiger charge is -2.37. The molecule has 98 valence electrons. The van der Waals surface area contributed by atoms with Crippen LogP contribution in [0.3, 0.4) is 0 Å². The van der Waals surface area contributed by atoms with Gasteiger partial charge in [-0.2, -0.15) is 0 Å². The molecule has 2 heterocycles. The Balaban J connectivity index is 2.16. The summed E-state index contributed by atoms with van der Waals surface area (Å²) >= 11 is 3.34. The van der Waals surface area contributed by atoms with Crippen LogP contribution in [0.5, 0.6) is 0 Å². The molecule has 1 aliphatic heterocycles. The molecule has 0 bridgehead atoms. The second-order valence-electron chi connectivity index (χ2n) is 4.88. The number of piperidine rings is 1. The minimum Gasteiger partial charge on any atom is -0.336 e. The molecule has 1 saturated heterocycles. The first-order valence-electron chi connectivity index (χ1n) is 6.23. The zero-order valence-electron chi connectivity index (χ0n) is 10.5. The van der Waals surface area contributed by atoms with Crippen molar-refractivity contribution < 1.29 is 4.79 Å². The summed E-state index contributed by atoms with van der Waals surface area (Å²) in [6, 6.07) is 2.09. The van der Waals surface area contributed by atoms with Gasteiger partial charge < -0.3 is 10.6 Å². The van der Waals surface area contributed by atoms with Crippen molar-refractivity contribution in [3.63, 3.8) is 0 Å². The lowest BCUT2D eigenvalue weighted by atomic mass is 9.93. The number of nitrogens with two attached hydrogens (primary N) is 1. The van der Waals surface area contributed by atoms with Crippen LogP contribution in [0.2, 0.25) is 0 Å². The van der Waals surface area contributed by atoms with E-state index in [0.717, 1.165) is 23.9 Å². The van der Waals surface area contributed by atoms with Gasteiger partial charge in [0, 0.05) is 29.5 Å². The van der Waals surface area contributed by atoms with Crippen LogP contribution < -0.4 is 5.73 Å². The second kappa shape index (κ2) is 5.80. The van der Waals surface area contributed by atoms with Gasteiger partial charge >= 0.3 is 0 Å². The van der Waals surface area contributed by atoms with Crippen molar-refractivity contribution in [2.45, 2.75) is 25.8 Å². The van der Waals surface area contributed by atoms with E-state index < -0.39 is 0 Å². The maximum Gasteiger partial charge on any atom is 0.255 e. The molecule has 2 unspecified atom stereocenters. The molecule has 0 saturated carbocycles. The number of halogens is 1. The number of likely N-dealkylation sites (tertiary alicyclic amines) is 1. The van der Waals surface area contributed by atoms with E-state index >= 15 is 0 Å². The molecule has 2 rings (SSSR count). The molecule has 2 N–H and O–H groups in total. The summed E-state index contributed by atoms with van der Waals surface area (Å²) in [7, 11) is 0. The number of rotatable bonds is 2. The maximum atomic E-state index is 12.4. The van der Waals surface area contributed by atoms with Gasteiger partial charge in [-0.15, -0.1) is 0 Å². The van der Waals surface area contributed by atoms with Crippen LogP contribution in [0, 0.1) is 5.92 Å². The molecule has 18 heavy (non-hydrogen) atoms. The molecule has 1 aromatic heterocycles. The third-order valence-corrected chi connectivity index (χ3v) is 3.96. The third-order valence-electron chi connectivity index (χ3n) is 3.53. The third kappa shape index (κ3) is 2.90. The zero-order chi connectivity index (χ0) is 13.1. The second-order valence-corrected chi connectivity index (χ2v) is 5.79. The van der Waals surface area contributed by atoms with Crippen molar-refractivity contribution in [2.24, 2.45) is 11.7 Å². The maximum absolute atomic E-state index is 12.4. The number of hydrogen-bond acceptors (Lipinski definition) is 3. The highest BCUT2D eigenvalue weighted by Gasteiger charge is 2.29. The Hall–Kier alpha value is -0.940. The predicted octanol–water partition coefficient (Wildman–Crippen LogP) is 2.04. The number of amides is 1. The number of carbonyl (C=O) groups is 1. The summed E-state index contributed by atoms with van der Waals surface area (Å²) in [5, 5.41) is 0. The summed E-state index contributed by atoms with van der Waals surface area (Å²) in [6.07, 6.45) is 5.43. The Morgan fingerprint density at radius 1 is 1.56 bits per heavy atom. The first-order valence-corrected chi connectivity index (χ1v) is 7.02. The van der Waals surface area contributed by atoms with E-state index in [9.17, 15) is 4.79 Å². The van der Waals surface area contributed by atoms with E-state index in [1.54, 1.807) is 12.4 Å². The molecule has 0 aliphatic carbocycles. The molecule has 2 atom stereocenters. The normalized spacial score (nSPS) is 24.1. The first kappa shape index (κ1) is 13.5. The molecule has 0 radical (unpaired) electrons. The predicted molar refractivity (Wildman–Crippen MR) is 74.2 cm³/mol. The fourth-order valence-electron chi connectivity index (χ4n) is 2.35. The molecule has 1 fully saturated rings. The average Bonchev–Trinajstić information content (AvgIpc) is 2.38. The van der Waals surface area contributed by atoms with Gasteiger partial charge in [-0.25, -0.2) is 0 Å². The fraction of sp³-hybridized carbons (Fsp3) is 0.538. The molecular weight excluding hydrogens is 294 g/mol. The lowest BCUT2D eigenvalue weighted by molar-refractivity contribution is 0.0566. The van der Waals surface area contributed by atoms with Crippen LogP contribution in [0.25, 0.3) is 0 Å². The van der Waals surface area contributed by atoms with Gasteiger partial charge in [0.25, 0.3) is 5.91 Å². The van der Waals surface area contributed by atoms with Crippen LogP contribution in [0.1, 0.15) is 30.1 Å². The number of nitrogens with zero attached hydrogens (tertiary/aromatic N) is 2. The van der Waals surface area contributed by atoms with Gasteiger partial charge in [0.1, 0.15) is 0 Å². The topological polar surface area (TPSA) is 59.2 Å². The average molecular weight is 312 g/mol. The summed E-state index contributed by atoms with van der Waals surface area (Å²) in [6.45, 7) is 3.49. The summed E-state index contributed by atoms with van der Waals surface area (Å²) in [4.78, 5) is 18.4. The zero-order valence-corrected chi connectivity index (χ0v) is 12.1. The molecule has 1 aliphatic rings. The van der Waals surface area contributed by atoms with E-state index in [4.69, 9.17) is 5.73 Å². The van der Waals surface area contributed by atoms with E-state index in [2.05, 4.69) is 27.8 Å². The smallest absolute Gasteiger partial charge is 0.255 e. The number of hydrogen-bond donors (Lipinski definition) is 1. The molecule has 5 heteroatoms. The quantitative estimate of drug-likeness (QED) is 0.909. The van der Waals surface area contributed by atoms with Crippen LogP contribution in [-0.2, 0) is 0 Å². The molecule has 1 amide bonds. The summed E-state index contributed by atoms with van der Waals surface area (Å²) in [5.41, 5.74) is 6.35.